The van der Waals surface area contributed by atoms with Gasteiger partial charge >= 0.3 is 0 Å². The second-order valence-corrected chi connectivity index (χ2v) is 4.23. The Bertz CT molecular complexity index is 807. The van der Waals surface area contributed by atoms with Crippen molar-refractivity contribution in [2.75, 3.05) is 5.73 Å². The number of hydrogen-bond donors (Lipinski definition) is 2. The number of aryl methyl sites for hydroxylation is 1. The number of aromatic nitrogens is 4. The molecule has 0 radical (unpaired) electrons. The third-order valence-electron chi connectivity index (χ3n) is 2.89. The third kappa shape index (κ3) is 1.73. The first-order valence-electron chi connectivity index (χ1n) is 5.61. The predicted octanol–water partition coefficient (Wildman–Crippen LogP) is 1.60. The number of rotatable bonds is 1. The number of phenols is 1. The lowest BCUT2D eigenvalue weighted by Gasteiger charge is -2.01. The van der Waals surface area contributed by atoms with E-state index in [2.05, 4.69) is 15.1 Å². The molecule has 102 valence electrons. The molecule has 0 amide bonds. The molecule has 0 unspecified atom stereocenters. The molecule has 0 atom stereocenters. The van der Waals surface area contributed by atoms with Crippen molar-refractivity contribution >= 4 is 17.0 Å². The number of halogens is 2. The molecule has 0 aliphatic heterocycles. The van der Waals surface area contributed by atoms with Crippen LogP contribution in [0.15, 0.2) is 18.3 Å². The number of anilines is 1. The van der Waals surface area contributed by atoms with Gasteiger partial charge < -0.3 is 10.8 Å². The average Bonchev–Trinajstić information content (AvgIpc) is 2.72. The van der Waals surface area contributed by atoms with E-state index in [1.54, 1.807) is 7.05 Å². The highest BCUT2D eigenvalue weighted by molar-refractivity contribution is 5.91. The van der Waals surface area contributed by atoms with E-state index in [4.69, 9.17) is 10.8 Å². The van der Waals surface area contributed by atoms with Crippen LogP contribution in [0.2, 0.25) is 0 Å². The number of nitrogens with two attached hydrogens (primary N) is 1. The lowest BCUT2D eigenvalue weighted by atomic mass is 10.1. The first-order chi connectivity index (χ1) is 9.47. The van der Waals surface area contributed by atoms with Crippen molar-refractivity contribution in [3.63, 3.8) is 0 Å². The summed E-state index contributed by atoms with van der Waals surface area (Å²) in [7, 11) is 1.63. The van der Waals surface area contributed by atoms with Crippen LogP contribution in [-0.4, -0.2) is 24.9 Å². The summed E-state index contributed by atoms with van der Waals surface area (Å²) in [5, 5.41) is 13.8. The molecule has 0 spiro atoms. The van der Waals surface area contributed by atoms with E-state index >= 15 is 0 Å². The lowest BCUT2D eigenvalue weighted by Crippen LogP contribution is -1.97. The SMILES string of the molecule is Cn1nc(-c2cc(F)c(O)c(F)c2)c2cnc(N)nc21. The summed E-state index contributed by atoms with van der Waals surface area (Å²) in [6, 6.07) is 1.99. The Morgan fingerprint density at radius 1 is 1.25 bits per heavy atom. The van der Waals surface area contributed by atoms with Gasteiger partial charge in [-0.05, 0) is 12.1 Å². The minimum atomic E-state index is -1.06. The molecule has 6 nitrogen and oxygen atoms in total. The Labute approximate surface area is 111 Å². The van der Waals surface area contributed by atoms with Gasteiger partial charge in [-0.15, -0.1) is 0 Å². The fraction of sp³-hybridized carbons (Fsp3) is 0.0833. The number of aromatic hydroxyl groups is 1. The zero-order valence-electron chi connectivity index (χ0n) is 10.3. The van der Waals surface area contributed by atoms with E-state index in [0.717, 1.165) is 12.1 Å². The fourth-order valence-corrected chi connectivity index (χ4v) is 1.97. The molecular weight excluding hydrogens is 268 g/mol. The molecule has 0 bridgehead atoms. The van der Waals surface area contributed by atoms with Gasteiger partial charge in [-0.3, -0.25) is 0 Å². The van der Waals surface area contributed by atoms with Crippen LogP contribution >= 0.6 is 0 Å². The van der Waals surface area contributed by atoms with Gasteiger partial charge in [0.15, 0.2) is 23.0 Å². The van der Waals surface area contributed by atoms with Crippen molar-refractivity contribution in [2.45, 2.75) is 0 Å². The number of phenolic OH excluding ortho intramolecular Hbond substituents is 1. The van der Waals surface area contributed by atoms with Gasteiger partial charge in [0.25, 0.3) is 0 Å². The number of fused-ring (bicyclic) bond motifs is 1. The second kappa shape index (κ2) is 4.12. The Morgan fingerprint density at radius 2 is 1.90 bits per heavy atom. The van der Waals surface area contributed by atoms with E-state index in [1.807, 2.05) is 0 Å². The largest absolute Gasteiger partial charge is 0.503 e. The summed E-state index contributed by atoms with van der Waals surface area (Å²) >= 11 is 0. The molecule has 20 heavy (non-hydrogen) atoms. The van der Waals surface area contributed by atoms with Gasteiger partial charge in [0.2, 0.25) is 5.95 Å². The van der Waals surface area contributed by atoms with Crippen LogP contribution in [0.3, 0.4) is 0 Å². The number of benzene rings is 1. The van der Waals surface area contributed by atoms with Gasteiger partial charge in [0.1, 0.15) is 5.69 Å². The van der Waals surface area contributed by atoms with Gasteiger partial charge in [0.05, 0.1) is 5.39 Å². The molecule has 0 saturated carbocycles. The molecule has 1 aromatic carbocycles. The molecule has 0 fully saturated rings. The van der Waals surface area contributed by atoms with Gasteiger partial charge in [-0.1, -0.05) is 0 Å². The molecular formula is C12H9F2N5O. The zero-order valence-corrected chi connectivity index (χ0v) is 10.3. The van der Waals surface area contributed by atoms with E-state index in [0.29, 0.717) is 16.7 Å². The lowest BCUT2D eigenvalue weighted by molar-refractivity contribution is 0.396. The normalized spacial score (nSPS) is 11.2. The van der Waals surface area contributed by atoms with Crippen molar-refractivity contribution in [1.82, 2.24) is 19.7 Å². The van der Waals surface area contributed by atoms with Crippen LogP contribution in [0.1, 0.15) is 0 Å². The minimum absolute atomic E-state index is 0.0788. The van der Waals surface area contributed by atoms with Crippen LogP contribution in [-0.2, 0) is 7.05 Å². The molecule has 3 rings (SSSR count). The summed E-state index contributed by atoms with van der Waals surface area (Å²) in [4.78, 5) is 7.86. The van der Waals surface area contributed by atoms with Crippen LogP contribution in [0.5, 0.6) is 5.75 Å². The fourth-order valence-electron chi connectivity index (χ4n) is 1.97. The Hall–Kier alpha value is -2.77. The molecule has 0 saturated heterocycles. The Morgan fingerprint density at radius 3 is 2.55 bits per heavy atom. The molecule has 2 aromatic heterocycles. The van der Waals surface area contributed by atoms with Crippen molar-refractivity contribution in [2.24, 2.45) is 7.05 Å². The third-order valence-corrected chi connectivity index (χ3v) is 2.89. The van der Waals surface area contributed by atoms with Gasteiger partial charge in [-0.2, -0.15) is 10.1 Å². The van der Waals surface area contributed by atoms with Gasteiger partial charge in [0, 0.05) is 18.8 Å². The average molecular weight is 277 g/mol. The highest BCUT2D eigenvalue weighted by atomic mass is 19.1. The van der Waals surface area contributed by atoms with E-state index in [9.17, 15) is 8.78 Å². The van der Waals surface area contributed by atoms with Crippen LogP contribution in [0.4, 0.5) is 14.7 Å². The molecule has 8 heteroatoms. The summed E-state index contributed by atoms with van der Waals surface area (Å²) in [5.41, 5.74) is 6.42. The maximum atomic E-state index is 13.4. The van der Waals surface area contributed by atoms with E-state index in [1.165, 1.54) is 10.9 Å². The smallest absolute Gasteiger partial charge is 0.222 e. The van der Waals surface area contributed by atoms with Crippen LogP contribution in [0.25, 0.3) is 22.3 Å². The van der Waals surface area contributed by atoms with Gasteiger partial charge in [-0.25, -0.2) is 18.4 Å². The first kappa shape index (κ1) is 12.3. The van der Waals surface area contributed by atoms with Crippen LogP contribution < -0.4 is 5.73 Å². The van der Waals surface area contributed by atoms with E-state index in [-0.39, 0.29) is 11.5 Å². The second-order valence-electron chi connectivity index (χ2n) is 4.23. The van der Waals surface area contributed by atoms with Crippen molar-refractivity contribution in [3.05, 3.63) is 30.0 Å². The van der Waals surface area contributed by atoms with Crippen molar-refractivity contribution < 1.29 is 13.9 Å². The number of nitrogens with zero attached hydrogens (tertiary/aromatic N) is 4. The summed E-state index contributed by atoms with van der Waals surface area (Å²) in [5.74, 6) is -3.06. The topological polar surface area (TPSA) is 89.8 Å². The van der Waals surface area contributed by atoms with Crippen molar-refractivity contribution in [3.8, 4) is 17.0 Å². The summed E-state index contributed by atoms with van der Waals surface area (Å²) in [6.07, 6.45) is 1.43. The standard InChI is InChI=1S/C12H9F2N5O/c1-19-11-6(4-16-12(15)17-11)9(18-19)5-2-7(13)10(20)8(14)3-5/h2-4,20H,1H3,(H2,15,16,17). The maximum absolute atomic E-state index is 13.4. The minimum Gasteiger partial charge on any atom is -0.503 e. The molecule has 3 aromatic rings. The highest BCUT2D eigenvalue weighted by Gasteiger charge is 2.17. The predicted molar refractivity (Wildman–Crippen MR) is 67.7 cm³/mol. The summed E-state index contributed by atoms with van der Waals surface area (Å²) in [6.45, 7) is 0. The number of hydrogen-bond acceptors (Lipinski definition) is 5. The Kier molecular flexibility index (Phi) is 2.53. The first-order valence-corrected chi connectivity index (χ1v) is 5.61. The molecule has 3 N–H and O–H groups in total. The molecule has 2 heterocycles. The molecule has 0 aliphatic rings. The maximum Gasteiger partial charge on any atom is 0.222 e. The summed E-state index contributed by atoms with van der Waals surface area (Å²) < 4.78 is 28.3. The van der Waals surface area contributed by atoms with E-state index < -0.39 is 17.4 Å². The Balaban J connectivity index is 2.30. The molecule has 0 aliphatic carbocycles. The zero-order chi connectivity index (χ0) is 14.4. The number of nitrogen functional groups attached to an aromatic ring is 1. The monoisotopic (exact) mass is 277 g/mol. The highest BCUT2D eigenvalue weighted by Crippen LogP contribution is 2.31. The quantitative estimate of drug-likeness (QED) is 0.705. The van der Waals surface area contributed by atoms with Crippen LogP contribution in [0, 0.1) is 11.6 Å². The van der Waals surface area contributed by atoms with Crippen molar-refractivity contribution in [1.29, 1.82) is 0 Å².